The van der Waals surface area contributed by atoms with Crippen LogP contribution in [0, 0.1) is 5.41 Å². The number of para-hydroxylation sites is 1. The molecule has 0 bridgehead atoms. The Bertz CT molecular complexity index is 630. The molecule has 104 valence electrons. The van der Waals surface area contributed by atoms with E-state index in [4.69, 9.17) is 4.74 Å². The van der Waals surface area contributed by atoms with Crippen molar-refractivity contribution in [3.63, 3.8) is 0 Å². The van der Waals surface area contributed by atoms with Crippen molar-refractivity contribution in [2.75, 3.05) is 6.61 Å². The Balaban J connectivity index is 2.39. The molecule has 3 heteroatoms. The molecule has 1 atom stereocenters. The number of benzene rings is 1. The van der Waals surface area contributed by atoms with Gasteiger partial charge in [-0.25, -0.2) is 0 Å². The molecule has 0 aliphatic heterocycles. The monoisotopic (exact) mass is 269 g/mol. The first-order valence-electron chi connectivity index (χ1n) is 6.74. The van der Waals surface area contributed by atoms with E-state index in [-0.39, 0.29) is 5.97 Å². The molecule has 1 unspecified atom stereocenters. The molecule has 0 amide bonds. The number of carbonyl (C=O) groups excluding carboxylic acids is 1. The Hall–Kier alpha value is -2.16. The van der Waals surface area contributed by atoms with Crippen molar-refractivity contribution < 1.29 is 9.53 Å². The van der Waals surface area contributed by atoms with Gasteiger partial charge >= 0.3 is 5.97 Å². The van der Waals surface area contributed by atoms with E-state index < -0.39 is 5.41 Å². The maximum absolute atomic E-state index is 12.1. The fourth-order valence-electron chi connectivity index (χ4n) is 2.23. The van der Waals surface area contributed by atoms with Gasteiger partial charge in [-0.2, -0.15) is 0 Å². The summed E-state index contributed by atoms with van der Waals surface area (Å²) in [6, 6.07) is 9.91. The van der Waals surface area contributed by atoms with Crippen LogP contribution in [0.4, 0.5) is 0 Å². The number of hydrogen-bond acceptors (Lipinski definition) is 3. The molecule has 0 N–H and O–H groups in total. The summed E-state index contributed by atoms with van der Waals surface area (Å²) < 4.78 is 5.15. The highest BCUT2D eigenvalue weighted by atomic mass is 16.5. The molecule has 0 spiro atoms. The van der Waals surface area contributed by atoms with Crippen LogP contribution < -0.4 is 0 Å². The van der Waals surface area contributed by atoms with Crippen molar-refractivity contribution in [2.24, 2.45) is 5.41 Å². The molecule has 0 radical (unpaired) electrons. The van der Waals surface area contributed by atoms with Crippen molar-refractivity contribution >= 4 is 16.9 Å². The van der Waals surface area contributed by atoms with Crippen LogP contribution in [0.5, 0.6) is 0 Å². The number of esters is 1. The number of nitrogens with zero attached hydrogens (tertiary/aromatic N) is 1. The molecule has 0 fully saturated rings. The fraction of sp³-hybridized carbons (Fsp3) is 0.294. The van der Waals surface area contributed by atoms with Gasteiger partial charge in [-0.3, -0.25) is 9.78 Å². The Morgan fingerprint density at radius 3 is 2.85 bits per heavy atom. The summed E-state index contributed by atoms with van der Waals surface area (Å²) in [5.41, 5.74) is 1.22. The summed E-state index contributed by atoms with van der Waals surface area (Å²) in [7, 11) is 0. The minimum atomic E-state index is -0.734. The average molecular weight is 269 g/mol. The van der Waals surface area contributed by atoms with Gasteiger partial charge in [0, 0.05) is 11.6 Å². The van der Waals surface area contributed by atoms with Crippen LogP contribution >= 0.6 is 0 Å². The summed E-state index contributed by atoms with van der Waals surface area (Å²) in [5, 5.41) is 1.07. The number of rotatable bonds is 5. The van der Waals surface area contributed by atoms with Crippen LogP contribution in [0.25, 0.3) is 10.9 Å². The van der Waals surface area contributed by atoms with Crippen LogP contribution in [-0.4, -0.2) is 17.6 Å². The van der Waals surface area contributed by atoms with E-state index in [1.54, 1.807) is 19.2 Å². The zero-order valence-corrected chi connectivity index (χ0v) is 11.9. The lowest BCUT2D eigenvalue weighted by molar-refractivity contribution is -0.151. The van der Waals surface area contributed by atoms with Gasteiger partial charge in [0.25, 0.3) is 0 Å². The third-order valence-corrected chi connectivity index (χ3v) is 3.47. The third kappa shape index (κ3) is 2.72. The van der Waals surface area contributed by atoms with E-state index in [1.165, 1.54) is 0 Å². The number of ether oxygens (including phenoxy) is 1. The molecular formula is C17H19NO2. The van der Waals surface area contributed by atoms with Gasteiger partial charge in [0.1, 0.15) is 0 Å². The zero-order valence-electron chi connectivity index (χ0n) is 11.9. The molecule has 2 rings (SSSR count). The predicted octanol–water partition coefficient (Wildman–Crippen LogP) is 3.53. The van der Waals surface area contributed by atoms with Crippen molar-refractivity contribution in [2.45, 2.75) is 20.3 Å². The minimum absolute atomic E-state index is 0.247. The van der Waals surface area contributed by atoms with Gasteiger partial charge in [-0.15, -0.1) is 6.58 Å². The molecule has 0 aliphatic carbocycles. The first-order chi connectivity index (χ1) is 9.60. The van der Waals surface area contributed by atoms with Crippen LogP contribution in [0.2, 0.25) is 0 Å². The van der Waals surface area contributed by atoms with E-state index in [1.807, 2.05) is 37.3 Å². The number of carbonyl (C=O) groups is 1. The van der Waals surface area contributed by atoms with Gasteiger partial charge in [-0.1, -0.05) is 30.3 Å². The summed E-state index contributed by atoms with van der Waals surface area (Å²) in [6.07, 6.45) is 3.96. The highest BCUT2D eigenvalue weighted by molar-refractivity contribution is 5.84. The van der Waals surface area contributed by atoms with Crippen molar-refractivity contribution in [3.8, 4) is 0 Å². The van der Waals surface area contributed by atoms with Crippen molar-refractivity contribution in [1.82, 2.24) is 4.98 Å². The standard InChI is InChI=1S/C17H19NO2/c1-4-17(3,16(19)20-5-2)12-14-9-6-8-13-10-7-11-18-15(13)14/h4,6-11H,1,5,12H2,2-3H3. The molecule has 1 aromatic carbocycles. The molecule has 0 aliphatic rings. The number of hydrogen-bond donors (Lipinski definition) is 0. The molecule has 1 aromatic heterocycles. The first-order valence-corrected chi connectivity index (χ1v) is 6.74. The molecule has 3 nitrogen and oxygen atoms in total. The average Bonchev–Trinajstić information content (AvgIpc) is 2.48. The Labute approximate surface area is 119 Å². The van der Waals surface area contributed by atoms with Crippen LogP contribution in [0.3, 0.4) is 0 Å². The lowest BCUT2D eigenvalue weighted by atomic mass is 9.83. The second-order valence-electron chi connectivity index (χ2n) is 5.01. The Morgan fingerprint density at radius 2 is 2.15 bits per heavy atom. The van der Waals surface area contributed by atoms with E-state index in [0.29, 0.717) is 13.0 Å². The highest BCUT2D eigenvalue weighted by Gasteiger charge is 2.32. The molecular weight excluding hydrogens is 250 g/mol. The molecule has 1 heterocycles. The Morgan fingerprint density at radius 1 is 1.40 bits per heavy atom. The van der Waals surface area contributed by atoms with Crippen LogP contribution in [-0.2, 0) is 16.0 Å². The largest absolute Gasteiger partial charge is 0.465 e. The lowest BCUT2D eigenvalue weighted by Crippen LogP contribution is -2.30. The maximum atomic E-state index is 12.1. The normalized spacial score (nSPS) is 13.7. The highest BCUT2D eigenvalue weighted by Crippen LogP contribution is 2.28. The Kier molecular flexibility index (Phi) is 4.18. The van der Waals surface area contributed by atoms with E-state index in [9.17, 15) is 4.79 Å². The first kappa shape index (κ1) is 14.3. The van der Waals surface area contributed by atoms with Crippen molar-refractivity contribution in [1.29, 1.82) is 0 Å². The van der Waals surface area contributed by atoms with Gasteiger partial charge < -0.3 is 4.74 Å². The summed E-state index contributed by atoms with van der Waals surface area (Å²) in [4.78, 5) is 16.5. The quantitative estimate of drug-likeness (QED) is 0.615. The minimum Gasteiger partial charge on any atom is -0.465 e. The SMILES string of the molecule is C=CC(C)(Cc1cccc2cccnc12)C(=O)OCC. The van der Waals surface area contributed by atoms with Gasteiger partial charge in [0.2, 0.25) is 0 Å². The van der Waals surface area contributed by atoms with Crippen LogP contribution in [0.15, 0.2) is 49.2 Å². The maximum Gasteiger partial charge on any atom is 0.315 e. The molecule has 0 saturated carbocycles. The zero-order chi connectivity index (χ0) is 14.6. The number of pyridine rings is 1. The third-order valence-electron chi connectivity index (χ3n) is 3.47. The molecule has 2 aromatic rings. The van der Waals surface area contributed by atoms with Crippen molar-refractivity contribution in [3.05, 3.63) is 54.7 Å². The second kappa shape index (κ2) is 5.87. The van der Waals surface area contributed by atoms with Gasteiger partial charge in [0.15, 0.2) is 0 Å². The topological polar surface area (TPSA) is 39.2 Å². The molecule has 0 saturated heterocycles. The number of fused-ring (bicyclic) bond motifs is 1. The van der Waals surface area contributed by atoms with Gasteiger partial charge in [0.05, 0.1) is 17.5 Å². The van der Waals surface area contributed by atoms with Gasteiger partial charge in [-0.05, 0) is 31.9 Å². The van der Waals surface area contributed by atoms with E-state index in [0.717, 1.165) is 16.5 Å². The van der Waals surface area contributed by atoms with E-state index in [2.05, 4.69) is 11.6 Å². The number of aromatic nitrogens is 1. The summed E-state index contributed by atoms with van der Waals surface area (Å²) in [6.45, 7) is 7.82. The summed E-state index contributed by atoms with van der Waals surface area (Å²) in [5.74, 6) is -0.247. The molecule has 20 heavy (non-hydrogen) atoms. The fourth-order valence-corrected chi connectivity index (χ4v) is 2.23. The smallest absolute Gasteiger partial charge is 0.315 e. The second-order valence-corrected chi connectivity index (χ2v) is 5.01. The summed E-state index contributed by atoms with van der Waals surface area (Å²) >= 11 is 0. The lowest BCUT2D eigenvalue weighted by Gasteiger charge is -2.23. The van der Waals surface area contributed by atoms with E-state index >= 15 is 0 Å². The van der Waals surface area contributed by atoms with Crippen LogP contribution in [0.1, 0.15) is 19.4 Å². The predicted molar refractivity (Wildman–Crippen MR) is 80.4 cm³/mol.